The Morgan fingerprint density at radius 1 is 0.333 bits per heavy atom. The topological polar surface area (TPSA) is 241 Å². The molecule has 0 fully saturated rings. The molecule has 0 amide bonds. The van der Waals surface area contributed by atoms with Gasteiger partial charge in [0.1, 0.15) is 40.8 Å². The minimum absolute atomic E-state index is 0.711. The van der Waals surface area contributed by atoms with Gasteiger partial charge >= 0.3 is 0 Å². The number of nitrogens with zero attached hydrogens (tertiary/aromatic N) is 23. The third kappa shape index (κ3) is 16.5. The Kier molecular flexibility index (Phi) is 18.7. The molecule has 0 bridgehead atoms. The normalized spacial score (nSPS) is 9.76. The van der Waals surface area contributed by atoms with Gasteiger partial charge in [0.25, 0.3) is 0 Å². The van der Waals surface area contributed by atoms with Crippen molar-refractivity contribution in [2.45, 2.75) is 83.1 Å². The van der Waals surface area contributed by atoms with Crippen LogP contribution in [0.3, 0.4) is 0 Å². The van der Waals surface area contributed by atoms with E-state index >= 15 is 0 Å². The summed E-state index contributed by atoms with van der Waals surface area (Å²) in [5, 5.41) is 52.9. The molecule has 296 valence electrons. The fraction of sp³-hybridized carbons (Fsp3) is 0.613. The molecular weight excluding hydrogens is 695 g/mol. The number of hydrogen-bond donors (Lipinski definition) is 0. The van der Waals surface area contributed by atoms with Gasteiger partial charge in [0, 0.05) is 42.3 Å². The van der Waals surface area contributed by atoms with Crippen molar-refractivity contribution in [3.8, 4) is 0 Å². The van der Waals surface area contributed by atoms with Gasteiger partial charge in [-0.05, 0) is 98.7 Å². The van der Waals surface area contributed by atoms with E-state index < -0.39 is 0 Å². The van der Waals surface area contributed by atoms with E-state index in [0.717, 1.165) is 63.5 Å². The molecule has 23 heteroatoms. The second kappa shape index (κ2) is 22.0. The Labute approximate surface area is 316 Å². The average Bonchev–Trinajstić information content (AvgIpc) is 3.97. The van der Waals surface area contributed by atoms with Gasteiger partial charge < -0.3 is 4.57 Å². The zero-order valence-corrected chi connectivity index (χ0v) is 35.3. The van der Waals surface area contributed by atoms with E-state index in [9.17, 15) is 0 Å². The first kappa shape index (κ1) is 45.9. The number of aromatic nitrogens is 23. The molecule has 0 unspecified atom stereocenters. The summed E-state index contributed by atoms with van der Waals surface area (Å²) in [6.07, 6.45) is 0. The molecule has 0 saturated carbocycles. The van der Waals surface area contributed by atoms with Gasteiger partial charge in [-0.1, -0.05) is 5.21 Å². The Morgan fingerprint density at radius 3 is 0.926 bits per heavy atom. The summed E-state index contributed by atoms with van der Waals surface area (Å²) >= 11 is 0. The number of hydrogen-bond acceptors (Lipinski definition) is 16. The highest BCUT2D eigenvalue weighted by Gasteiger charge is 1.98. The van der Waals surface area contributed by atoms with Crippen LogP contribution in [0.5, 0.6) is 0 Å². The van der Waals surface area contributed by atoms with Crippen molar-refractivity contribution >= 4 is 0 Å². The molecule has 7 heterocycles. The first-order valence-electron chi connectivity index (χ1n) is 16.7. The van der Waals surface area contributed by atoms with Crippen LogP contribution >= 0.6 is 0 Å². The molecule has 0 aliphatic rings. The van der Waals surface area contributed by atoms with E-state index in [4.69, 9.17) is 0 Å². The van der Waals surface area contributed by atoms with Crippen molar-refractivity contribution in [2.24, 2.45) is 49.3 Å². The van der Waals surface area contributed by atoms with Crippen molar-refractivity contribution in [3.63, 3.8) is 0 Å². The summed E-state index contributed by atoms with van der Waals surface area (Å²) in [5.41, 5.74) is 4.15. The summed E-state index contributed by atoms with van der Waals surface area (Å²) in [4.78, 5) is 11.1. The van der Waals surface area contributed by atoms with E-state index in [1.165, 1.54) is 4.80 Å². The summed E-state index contributed by atoms with van der Waals surface area (Å²) in [6, 6.07) is 0. The Balaban J connectivity index is 0.000000315. The molecule has 7 aromatic rings. The van der Waals surface area contributed by atoms with Gasteiger partial charge in [0.05, 0.1) is 29.8 Å². The second-order valence-corrected chi connectivity index (χ2v) is 11.9. The van der Waals surface area contributed by atoms with Crippen LogP contribution in [0.2, 0.25) is 0 Å². The lowest BCUT2D eigenvalue weighted by molar-refractivity contribution is 0.629. The maximum atomic E-state index is 4.06. The quantitative estimate of drug-likeness (QED) is 0.211. The van der Waals surface area contributed by atoms with Crippen LogP contribution in [0.15, 0.2) is 0 Å². The molecule has 7 aromatic heterocycles. The lowest BCUT2D eigenvalue weighted by Crippen LogP contribution is -1.92. The largest absolute Gasteiger partial charge is 0.319 e. The average molecular weight is 752 g/mol. The Hall–Kier alpha value is -6.16. The van der Waals surface area contributed by atoms with Crippen LogP contribution in [0.4, 0.5) is 0 Å². The summed E-state index contributed by atoms with van der Waals surface area (Å²) in [7, 11) is 13.0. The van der Waals surface area contributed by atoms with Gasteiger partial charge in [-0.15, -0.1) is 30.6 Å². The minimum Gasteiger partial charge on any atom is -0.319 e. The second-order valence-electron chi connectivity index (χ2n) is 11.9. The van der Waals surface area contributed by atoms with Crippen molar-refractivity contribution in [1.82, 2.24) is 115 Å². The highest BCUT2D eigenvalue weighted by molar-refractivity contribution is 5.03. The van der Waals surface area contributed by atoms with E-state index in [1.54, 1.807) is 44.5 Å². The molecule has 0 aliphatic carbocycles. The third-order valence-corrected chi connectivity index (χ3v) is 7.37. The van der Waals surface area contributed by atoms with Crippen LogP contribution in [-0.2, 0) is 49.3 Å². The minimum atomic E-state index is 0.711. The van der Waals surface area contributed by atoms with Crippen molar-refractivity contribution in [3.05, 3.63) is 69.4 Å². The number of tetrazole rings is 2. The predicted octanol–water partition coefficient (Wildman–Crippen LogP) is 1.20. The lowest BCUT2D eigenvalue weighted by Gasteiger charge is -1.90. The smallest absolute Gasteiger partial charge is 0.171 e. The maximum absolute atomic E-state index is 4.06. The number of aryl methyl sites for hydroxylation is 17. The van der Waals surface area contributed by atoms with E-state index in [2.05, 4.69) is 81.8 Å². The fourth-order valence-electron chi connectivity index (χ4n) is 3.51. The van der Waals surface area contributed by atoms with Crippen molar-refractivity contribution in [2.75, 3.05) is 0 Å². The Morgan fingerprint density at radius 2 is 0.815 bits per heavy atom. The molecule has 0 aromatic carbocycles. The predicted molar refractivity (Wildman–Crippen MR) is 199 cm³/mol. The van der Waals surface area contributed by atoms with Gasteiger partial charge in [0.15, 0.2) is 5.82 Å². The molecule has 0 N–H and O–H groups in total. The van der Waals surface area contributed by atoms with Crippen LogP contribution < -0.4 is 0 Å². The van der Waals surface area contributed by atoms with E-state index in [-0.39, 0.29) is 0 Å². The lowest BCUT2D eigenvalue weighted by atomic mass is 10.4. The van der Waals surface area contributed by atoms with Crippen LogP contribution in [0, 0.1) is 83.1 Å². The van der Waals surface area contributed by atoms with E-state index in [0.29, 0.717) is 5.82 Å². The van der Waals surface area contributed by atoms with Crippen molar-refractivity contribution in [1.29, 1.82) is 0 Å². The Bertz CT molecular complexity index is 1820. The zero-order chi connectivity index (χ0) is 41.3. The van der Waals surface area contributed by atoms with Gasteiger partial charge in [0.2, 0.25) is 0 Å². The first-order chi connectivity index (χ1) is 25.1. The zero-order valence-electron chi connectivity index (χ0n) is 35.3. The summed E-state index contributed by atoms with van der Waals surface area (Å²) in [5.74, 6) is 7.06. The van der Waals surface area contributed by atoms with Crippen molar-refractivity contribution < 1.29 is 0 Å². The molecule has 0 radical (unpaired) electrons. The molecule has 7 rings (SSSR count). The molecule has 0 aliphatic heterocycles. The maximum Gasteiger partial charge on any atom is 0.171 e. The highest BCUT2D eigenvalue weighted by Crippen LogP contribution is 1.97. The fourth-order valence-corrected chi connectivity index (χ4v) is 3.51. The van der Waals surface area contributed by atoms with Crippen LogP contribution in [-0.4, -0.2) is 115 Å². The number of rotatable bonds is 0. The SMILES string of the molecule is Cc1nc(C)n(C)n1.Cc1nc(C)n(C)n1.Cc1nn(C)nc1C.Cc1nnc(C)n1C.Cc1nnn(C)c1C.Cc1nnn(C)n1.Cc1nnnn1C. The molecule has 23 nitrogen and oxygen atoms in total. The monoisotopic (exact) mass is 752 g/mol. The molecular formula is C31H57N23. The molecule has 0 spiro atoms. The van der Waals surface area contributed by atoms with E-state index in [1.807, 2.05) is 116 Å². The highest BCUT2D eigenvalue weighted by atomic mass is 15.6. The molecule has 54 heavy (non-hydrogen) atoms. The first-order valence-corrected chi connectivity index (χ1v) is 16.7. The summed E-state index contributed by atoms with van der Waals surface area (Å²) < 4.78 is 8.83. The third-order valence-electron chi connectivity index (χ3n) is 7.37. The van der Waals surface area contributed by atoms with Gasteiger partial charge in [-0.3, -0.25) is 14.0 Å². The molecule has 0 saturated heterocycles. The van der Waals surface area contributed by atoms with Crippen LogP contribution in [0.25, 0.3) is 0 Å². The van der Waals surface area contributed by atoms with Gasteiger partial charge in [-0.2, -0.15) is 30.0 Å². The van der Waals surface area contributed by atoms with Gasteiger partial charge in [-0.25, -0.2) is 14.6 Å². The molecule has 0 atom stereocenters. The standard InChI is InChI=1S/5C5H9N3.2C3H6N4/c1-4-6-7-5(2)8(4)3;2*1-4-6-5(2)8(3)7-4;1-4-5(2)8(3)7-6-4;1-4-5(2)7-8(3)6-4;1-3-4-5-6-7(3)2;1-3-4-6-7(2)5-3/h5*1-3H3;2*1-2H3. The summed E-state index contributed by atoms with van der Waals surface area (Å²) in [6.45, 7) is 23.0. The van der Waals surface area contributed by atoms with Crippen LogP contribution in [0.1, 0.15) is 69.4 Å².